The van der Waals surface area contributed by atoms with E-state index in [9.17, 15) is 4.79 Å². The second-order valence-corrected chi connectivity index (χ2v) is 4.34. The molecule has 17 heavy (non-hydrogen) atoms. The van der Waals surface area contributed by atoms with Crippen LogP contribution < -0.4 is 5.73 Å². The van der Waals surface area contributed by atoms with Gasteiger partial charge in [0.1, 0.15) is 5.82 Å². The molecule has 0 aromatic carbocycles. The van der Waals surface area contributed by atoms with E-state index in [2.05, 4.69) is 4.98 Å². The first-order valence-electron chi connectivity index (χ1n) is 5.71. The van der Waals surface area contributed by atoms with E-state index in [1.54, 1.807) is 12.1 Å². The minimum Gasteiger partial charge on any atom is -0.384 e. The fourth-order valence-electron chi connectivity index (χ4n) is 2.01. The van der Waals surface area contributed by atoms with E-state index >= 15 is 0 Å². The molecule has 1 aromatic rings. The van der Waals surface area contributed by atoms with Crippen LogP contribution in [0.1, 0.15) is 23.0 Å². The predicted octanol–water partition coefficient (Wildman–Crippen LogP) is 0.833. The lowest BCUT2D eigenvalue weighted by Crippen LogP contribution is -2.47. The SMILES string of the molecule is Cc1cc(C(=O)N2CCOCC2C)cc(N)n1. The molecule has 0 saturated carbocycles. The minimum atomic E-state index is -0.00185. The van der Waals surface area contributed by atoms with E-state index < -0.39 is 0 Å². The topological polar surface area (TPSA) is 68.5 Å². The van der Waals surface area contributed by atoms with Crippen molar-refractivity contribution in [3.05, 3.63) is 23.4 Å². The van der Waals surface area contributed by atoms with Crippen molar-refractivity contribution in [2.24, 2.45) is 0 Å². The Kier molecular flexibility index (Phi) is 3.28. The molecule has 5 heteroatoms. The highest BCUT2D eigenvalue weighted by atomic mass is 16.5. The third-order valence-electron chi connectivity index (χ3n) is 2.85. The number of nitrogen functional groups attached to an aromatic ring is 1. The number of hydrogen-bond donors (Lipinski definition) is 1. The Bertz CT molecular complexity index is 414. The van der Waals surface area contributed by atoms with Crippen LogP contribution >= 0.6 is 0 Å². The lowest BCUT2D eigenvalue weighted by molar-refractivity contribution is 0.00359. The quantitative estimate of drug-likeness (QED) is 0.783. The lowest BCUT2D eigenvalue weighted by atomic mass is 10.1. The van der Waals surface area contributed by atoms with Gasteiger partial charge < -0.3 is 15.4 Å². The number of pyridine rings is 1. The fourth-order valence-corrected chi connectivity index (χ4v) is 2.01. The molecule has 2 heterocycles. The molecule has 2 rings (SSSR count). The maximum absolute atomic E-state index is 12.3. The molecule has 1 fully saturated rings. The van der Waals surface area contributed by atoms with Crippen LogP contribution in [0, 0.1) is 6.92 Å². The number of anilines is 1. The average Bonchev–Trinajstić information content (AvgIpc) is 2.27. The van der Waals surface area contributed by atoms with Gasteiger partial charge in [0, 0.05) is 17.8 Å². The van der Waals surface area contributed by atoms with Gasteiger partial charge in [0.05, 0.1) is 19.3 Å². The lowest BCUT2D eigenvalue weighted by Gasteiger charge is -2.33. The smallest absolute Gasteiger partial charge is 0.254 e. The van der Waals surface area contributed by atoms with Crippen LogP contribution in [0.5, 0.6) is 0 Å². The second-order valence-electron chi connectivity index (χ2n) is 4.34. The summed E-state index contributed by atoms with van der Waals surface area (Å²) in [5.41, 5.74) is 7.01. The van der Waals surface area contributed by atoms with Crippen molar-refractivity contribution in [1.29, 1.82) is 0 Å². The summed E-state index contributed by atoms with van der Waals surface area (Å²) < 4.78 is 5.31. The molecule has 1 atom stereocenters. The van der Waals surface area contributed by atoms with Crippen LogP contribution in [0.2, 0.25) is 0 Å². The Morgan fingerprint density at radius 2 is 2.35 bits per heavy atom. The fraction of sp³-hybridized carbons (Fsp3) is 0.500. The van der Waals surface area contributed by atoms with Crippen LogP contribution in [-0.2, 0) is 4.74 Å². The summed E-state index contributed by atoms with van der Waals surface area (Å²) in [6.07, 6.45) is 0. The van der Waals surface area contributed by atoms with Gasteiger partial charge in [0.2, 0.25) is 0 Å². The first-order valence-corrected chi connectivity index (χ1v) is 5.71. The zero-order valence-corrected chi connectivity index (χ0v) is 10.1. The van der Waals surface area contributed by atoms with E-state index in [1.165, 1.54) is 0 Å². The van der Waals surface area contributed by atoms with Crippen LogP contribution in [0.3, 0.4) is 0 Å². The monoisotopic (exact) mass is 235 g/mol. The molecule has 0 radical (unpaired) electrons. The molecule has 1 unspecified atom stereocenters. The van der Waals surface area contributed by atoms with Crippen molar-refractivity contribution in [2.75, 3.05) is 25.5 Å². The first-order chi connectivity index (χ1) is 8.08. The molecule has 2 N–H and O–H groups in total. The second kappa shape index (κ2) is 4.71. The highest BCUT2D eigenvalue weighted by Gasteiger charge is 2.25. The molecule has 1 aliphatic rings. The van der Waals surface area contributed by atoms with Gasteiger partial charge >= 0.3 is 0 Å². The summed E-state index contributed by atoms with van der Waals surface area (Å²) in [5, 5.41) is 0. The van der Waals surface area contributed by atoms with E-state index in [1.807, 2.05) is 18.7 Å². The van der Waals surface area contributed by atoms with Crippen molar-refractivity contribution in [3.63, 3.8) is 0 Å². The van der Waals surface area contributed by atoms with Crippen molar-refractivity contribution in [1.82, 2.24) is 9.88 Å². The summed E-state index contributed by atoms with van der Waals surface area (Å²) in [6, 6.07) is 3.49. The van der Waals surface area contributed by atoms with Gasteiger partial charge in [-0.2, -0.15) is 0 Å². The van der Waals surface area contributed by atoms with Gasteiger partial charge in [-0.15, -0.1) is 0 Å². The number of carbonyl (C=O) groups is 1. The molecule has 1 amide bonds. The summed E-state index contributed by atoms with van der Waals surface area (Å²) in [6.45, 7) is 5.62. The number of rotatable bonds is 1. The number of aryl methyl sites for hydroxylation is 1. The van der Waals surface area contributed by atoms with Gasteiger partial charge in [0.25, 0.3) is 5.91 Å². The Labute approximate surface area is 101 Å². The van der Waals surface area contributed by atoms with Crippen LogP contribution in [0.25, 0.3) is 0 Å². The number of ether oxygens (including phenoxy) is 1. The molecule has 5 nitrogen and oxygen atoms in total. The standard InChI is InChI=1S/C12H17N3O2/c1-8-5-10(6-11(13)14-8)12(16)15-3-4-17-7-9(15)2/h5-6,9H,3-4,7H2,1-2H3,(H2,13,14). The summed E-state index contributed by atoms with van der Waals surface area (Å²) in [4.78, 5) is 18.2. The maximum atomic E-state index is 12.3. The van der Waals surface area contributed by atoms with Crippen molar-refractivity contribution >= 4 is 11.7 Å². The number of nitrogens with two attached hydrogens (primary N) is 1. The van der Waals surface area contributed by atoms with Crippen LogP contribution in [0.4, 0.5) is 5.82 Å². The van der Waals surface area contributed by atoms with E-state index in [0.717, 1.165) is 5.69 Å². The Morgan fingerprint density at radius 1 is 1.59 bits per heavy atom. The minimum absolute atomic E-state index is 0.00185. The normalized spacial score (nSPS) is 20.4. The summed E-state index contributed by atoms with van der Waals surface area (Å²) in [7, 11) is 0. The van der Waals surface area contributed by atoms with E-state index in [4.69, 9.17) is 10.5 Å². The van der Waals surface area contributed by atoms with E-state index in [0.29, 0.717) is 31.1 Å². The zero-order chi connectivity index (χ0) is 12.4. The molecule has 0 aliphatic carbocycles. The van der Waals surface area contributed by atoms with Gasteiger partial charge in [-0.1, -0.05) is 0 Å². The molecular formula is C12H17N3O2. The summed E-state index contributed by atoms with van der Waals surface area (Å²) in [5.74, 6) is 0.382. The molecule has 1 saturated heterocycles. The third-order valence-corrected chi connectivity index (χ3v) is 2.85. The number of aromatic nitrogens is 1. The molecule has 1 aromatic heterocycles. The molecule has 1 aliphatic heterocycles. The van der Waals surface area contributed by atoms with Gasteiger partial charge in [-0.25, -0.2) is 4.98 Å². The zero-order valence-electron chi connectivity index (χ0n) is 10.1. The number of nitrogens with zero attached hydrogens (tertiary/aromatic N) is 2. The maximum Gasteiger partial charge on any atom is 0.254 e. The Hall–Kier alpha value is -1.62. The molecule has 0 spiro atoms. The predicted molar refractivity (Wildman–Crippen MR) is 64.7 cm³/mol. The molecular weight excluding hydrogens is 218 g/mol. The largest absolute Gasteiger partial charge is 0.384 e. The van der Waals surface area contributed by atoms with E-state index in [-0.39, 0.29) is 11.9 Å². The van der Waals surface area contributed by atoms with Gasteiger partial charge in [-0.3, -0.25) is 4.79 Å². The molecule has 0 bridgehead atoms. The van der Waals surface area contributed by atoms with Crippen molar-refractivity contribution in [3.8, 4) is 0 Å². The van der Waals surface area contributed by atoms with Crippen LogP contribution in [-0.4, -0.2) is 41.6 Å². The van der Waals surface area contributed by atoms with Gasteiger partial charge in [-0.05, 0) is 26.0 Å². The molecule has 92 valence electrons. The number of hydrogen-bond acceptors (Lipinski definition) is 4. The Morgan fingerprint density at radius 3 is 3.00 bits per heavy atom. The first kappa shape index (κ1) is 11.9. The Balaban J connectivity index is 2.23. The third kappa shape index (κ3) is 2.55. The number of morpholine rings is 1. The van der Waals surface area contributed by atoms with Crippen LogP contribution in [0.15, 0.2) is 12.1 Å². The summed E-state index contributed by atoms with van der Waals surface area (Å²) >= 11 is 0. The van der Waals surface area contributed by atoms with Crippen molar-refractivity contribution < 1.29 is 9.53 Å². The van der Waals surface area contributed by atoms with Crippen molar-refractivity contribution in [2.45, 2.75) is 19.9 Å². The highest BCUT2D eigenvalue weighted by molar-refractivity contribution is 5.95. The number of carbonyl (C=O) groups excluding carboxylic acids is 1. The number of amides is 1. The average molecular weight is 235 g/mol. The highest BCUT2D eigenvalue weighted by Crippen LogP contribution is 2.14. The van der Waals surface area contributed by atoms with Gasteiger partial charge in [0.15, 0.2) is 0 Å².